The summed E-state index contributed by atoms with van der Waals surface area (Å²) in [4.78, 5) is 16.0. The second-order valence-corrected chi connectivity index (χ2v) is 9.03. The van der Waals surface area contributed by atoms with Gasteiger partial charge in [-0.2, -0.15) is 0 Å². The van der Waals surface area contributed by atoms with Crippen molar-refractivity contribution in [1.82, 2.24) is 19.7 Å². The standard InChI is InChI=1S/C16H15Cl2N5OS3/c1-23-13(8-25-7-10-2-3-11(17)6-12(10)18)21-22-16(23)27-9-14(24)20-15-19-4-5-26-15/h2-6H,7-9H2,1H3,(H,19,20,24). The number of rotatable bonds is 8. The average molecular weight is 460 g/mol. The molecule has 0 saturated carbocycles. The Morgan fingerprint density at radius 3 is 2.89 bits per heavy atom. The van der Waals surface area contributed by atoms with Gasteiger partial charge in [0.05, 0.1) is 11.5 Å². The Morgan fingerprint density at radius 1 is 1.30 bits per heavy atom. The van der Waals surface area contributed by atoms with Crippen LogP contribution < -0.4 is 5.32 Å². The van der Waals surface area contributed by atoms with E-state index in [0.717, 1.165) is 17.1 Å². The van der Waals surface area contributed by atoms with Gasteiger partial charge < -0.3 is 9.88 Å². The van der Waals surface area contributed by atoms with Crippen LogP contribution in [0.4, 0.5) is 5.13 Å². The van der Waals surface area contributed by atoms with Crippen molar-refractivity contribution in [2.24, 2.45) is 7.05 Å². The third-order valence-corrected chi connectivity index (χ3v) is 6.71. The lowest BCUT2D eigenvalue weighted by Crippen LogP contribution is -2.14. The lowest BCUT2D eigenvalue weighted by molar-refractivity contribution is -0.113. The zero-order chi connectivity index (χ0) is 19.2. The van der Waals surface area contributed by atoms with Crippen molar-refractivity contribution in [2.75, 3.05) is 11.1 Å². The Labute approximate surface area is 179 Å². The molecule has 0 atom stereocenters. The molecule has 6 nitrogen and oxygen atoms in total. The normalized spacial score (nSPS) is 10.9. The van der Waals surface area contributed by atoms with Crippen molar-refractivity contribution in [1.29, 1.82) is 0 Å². The number of carbonyl (C=O) groups excluding carboxylic acids is 1. The van der Waals surface area contributed by atoms with Gasteiger partial charge in [0.2, 0.25) is 5.91 Å². The maximum Gasteiger partial charge on any atom is 0.236 e. The second kappa shape index (κ2) is 9.79. The fourth-order valence-corrected chi connectivity index (χ4v) is 4.90. The van der Waals surface area contributed by atoms with Crippen molar-refractivity contribution in [3.63, 3.8) is 0 Å². The largest absolute Gasteiger partial charge is 0.308 e. The molecule has 0 bridgehead atoms. The molecule has 1 amide bonds. The number of anilines is 1. The van der Waals surface area contributed by atoms with E-state index in [0.29, 0.717) is 26.1 Å². The van der Waals surface area contributed by atoms with Gasteiger partial charge in [-0.1, -0.05) is 41.0 Å². The number of carbonyl (C=O) groups is 1. The molecular formula is C16H15Cl2N5OS3. The minimum Gasteiger partial charge on any atom is -0.308 e. The van der Waals surface area contributed by atoms with Crippen LogP contribution in [0.1, 0.15) is 11.4 Å². The van der Waals surface area contributed by atoms with Gasteiger partial charge in [-0.25, -0.2) is 4.98 Å². The number of amides is 1. The number of nitrogens with one attached hydrogen (secondary N) is 1. The molecule has 0 unspecified atom stereocenters. The molecule has 0 radical (unpaired) electrons. The summed E-state index contributed by atoms with van der Waals surface area (Å²) in [5.74, 6) is 2.41. The molecule has 11 heteroatoms. The summed E-state index contributed by atoms with van der Waals surface area (Å²) >= 11 is 16.5. The third kappa shape index (κ3) is 5.86. The topological polar surface area (TPSA) is 72.7 Å². The van der Waals surface area contributed by atoms with Gasteiger partial charge in [0.15, 0.2) is 10.3 Å². The summed E-state index contributed by atoms with van der Waals surface area (Å²) in [7, 11) is 1.90. The van der Waals surface area contributed by atoms with Crippen LogP contribution in [0.5, 0.6) is 0 Å². The molecule has 142 valence electrons. The van der Waals surface area contributed by atoms with E-state index in [4.69, 9.17) is 23.2 Å². The van der Waals surface area contributed by atoms with Crippen LogP contribution in [0.2, 0.25) is 10.0 Å². The van der Waals surface area contributed by atoms with Gasteiger partial charge in [-0.05, 0) is 17.7 Å². The summed E-state index contributed by atoms with van der Waals surface area (Å²) in [5, 5.41) is 15.5. The molecule has 1 aromatic carbocycles. The Kier molecular flexibility index (Phi) is 7.42. The van der Waals surface area contributed by atoms with Gasteiger partial charge in [0.25, 0.3) is 0 Å². The summed E-state index contributed by atoms with van der Waals surface area (Å²) in [5.41, 5.74) is 1.03. The molecule has 0 aliphatic carbocycles. The highest BCUT2D eigenvalue weighted by Crippen LogP contribution is 2.26. The molecule has 2 heterocycles. The van der Waals surface area contributed by atoms with Gasteiger partial charge in [-0.3, -0.25) is 4.79 Å². The minimum absolute atomic E-state index is 0.119. The average Bonchev–Trinajstić information content (AvgIpc) is 3.26. The smallest absolute Gasteiger partial charge is 0.236 e. The Bertz CT molecular complexity index is 917. The molecule has 0 fully saturated rings. The molecular weight excluding hydrogens is 445 g/mol. The highest BCUT2D eigenvalue weighted by atomic mass is 35.5. The quantitative estimate of drug-likeness (QED) is 0.490. The molecule has 0 aliphatic rings. The van der Waals surface area contributed by atoms with Crippen LogP contribution in [-0.4, -0.2) is 31.4 Å². The number of thiazole rings is 1. The summed E-state index contributed by atoms with van der Waals surface area (Å²) < 4.78 is 1.90. The maximum atomic E-state index is 11.9. The Morgan fingerprint density at radius 2 is 2.15 bits per heavy atom. The first-order valence-corrected chi connectivity index (χ1v) is 11.5. The van der Waals surface area contributed by atoms with Crippen LogP contribution in [-0.2, 0) is 23.3 Å². The fourth-order valence-electron chi connectivity index (χ4n) is 2.06. The Hall–Kier alpha value is -1.26. The number of aromatic nitrogens is 4. The summed E-state index contributed by atoms with van der Waals surface area (Å²) in [6.07, 6.45) is 1.65. The van der Waals surface area contributed by atoms with Crippen LogP contribution in [0.25, 0.3) is 0 Å². The number of benzene rings is 1. The first-order valence-electron chi connectivity index (χ1n) is 7.75. The van der Waals surface area contributed by atoms with E-state index < -0.39 is 0 Å². The lowest BCUT2D eigenvalue weighted by Gasteiger charge is -2.06. The van der Waals surface area contributed by atoms with Crippen molar-refractivity contribution < 1.29 is 4.79 Å². The Balaban J connectivity index is 1.48. The molecule has 3 aromatic rings. The summed E-state index contributed by atoms with van der Waals surface area (Å²) in [6, 6.07) is 5.50. The van der Waals surface area contributed by atoms with Gasteiger partial charge >= 0.3 is 0 Å². The van der Waals surface area contributed by atoms with E-state index in [1.165, 1.54) is 23.1 Å². The van der Waals surface area contributed by atoms with Crippen LogP contribution in [0, 0.1) is 0 Å². The predicted octanol–water partition coefficient (Wildman–Crippen LogP) is 4.74. The summed E-state index contributed by atoms with van der Waals surface area (Å²) in [6.45, 7) is 0. The van der Waals surface area contributed by atoms with Crippen molar-refractivity contribution in [3.8, 4) is 0 Å². The lowest BCUT2D eigenvalue weighted by atomic mass is 10.2. The van der Waals surface area contributed by atoms with E-state index in [1.807, 2.05) is 29.1 Å². The minimum atomic E-state index is -0.119. The zero-order valence-corrected chi connectivity index (χ0v) is 18.1. The van der Waals surface area contributed by atoms with Crippen LogP contribution >= 0.6 is 58.1 Å². The molecule has 0 spiro atoms. The van der Waals surface area contributed by atoms with E-state index in [2.05, 4.69) is 20.5 Å². The second-order valence-electron chi connectivity index (χ2n) is 5.36. The monoisotopic (exact) mass is 459 g/mol. The maximum absolute atomic E-state index is 11.9. The SMILES string of the molecule is Cn1c(CSCc2ccc(Cl)cc2Cl)nnc1SCC(=O)Nc1nccs1. The predicted molar refractivity (Wildman–Crippen MR) is 114 cm³/mol. The number of hydrogen-bond donors (Lipinski definition) is 1. The molecule has 2 aromatic heterocycles. The molecule has 27 heavy (non-hydrogen) atoms. The van der Waals surface area contributed by atoms with Gasteiger partial charge in [-0.15, -0.1) is 33.3 Å². The van der Waals surface area contributed by atoms with E-state index >= 15 is 0 Å². The van der Waals surface area contributed by atoms with Gasteiger partial charge in [0, 0.05) is 34.4 Å². The van der Waals surface area contributed by atoms with Crippen molar-refractivity contribution in [3.05, 3.63) is 51.2 Å². The third-order valence-electron chi connectivity index (χ3n) is 3.44. The van der Waals surface area contributed by atoms with E-state index in [-0.39, 0.29) is 11.7 Å². The zero-order valence-electron chi connectivity index (χ0n) is 14.2. The first-order chi connectivity index (χ1) is 13.0. The van der Waals surface area contributed by atoms with Crippen LogP contribution in [0.15, 0.2) is 34.9 Å². The van der Waals surface area contributed by atoms with E-state index in [1.54, 1.807) is 24.0 Å². The number of thioether (sulfide) groups is 2. The van der Waals surface area contributed by atoms with Crippen molar-refractivity contribution >= 4 is 69.1 Å². The van der Waals surface area contributed by atoms with E-state index in [9.17, 15) is 4.79 Å². The fraction of sp³-hybridized carbons (Fsp3) is 0.250. The van der Waals surface area contributed by atoms with Gasteiger partial charge in [0.1, 0.15) is 5.82 Å². The number of hydrogen-bond acceptors (Lipinski definition) is 7. The highest BCUT2D eigenvalue weighted by molar-refractivity contribution is 7.99. The first kappa shape index (κ1) is 20.5. The molecule has 3 rings (SSSR count). The number of halogens is 2. The molecule has 0 aliphatic heterocycles. The molecule has 1 N–H and O–H groups in total. The van der Waals surface area contributed by atoms with Crippen molar-refractivity contribution in [2.45, 2.75) is 16.7 Å². The van der Waals surface area contributed by atoms with Crippen LogP contribution in [0.3, 0.4) is 0 Å². The number of nitrogens with zero attached hydrogens (tertiary/aromatic N) is 4. The molecule has 0 saturated heterocycles. The highest BCUT2D eigenvalue weighted by Gasteiger charge is 2.12.